The summed E-state index contributed by atoms with van der Waals surface area (Å²) in [7, 11) is 5.10. The fourth-order valence-electron chi connectivity index (χ4n) is 1.06. The molecule has 1 aromatic carbocycles. The summed E-state index contributed by atoms with van der Waals surface area (Å²) >= 11 is 3.38. The lowest BCUT2D eigenvalue weighted by Gasteiger charge is -2.11. The average molecular weight is 246 g/mol. The first kappa shape index (κ1) is 10.2. The van der Waals surface area contributed by atoms with Crippen molar-refractivity contribution in [3.05, 3.63) is 16.6 Å². The van der Waals surface area contributed by atoms with Gasteiger partial charge in [-0.15, -0.1) is 0 Å². The summed E-state index contributed by atoms with van der Waals surface area (Å²) in [6.07, 6.45) is 0. The maximum atomic E-state index is 5.17. The van der Waals surface area contributed by atoms with Gasteiger partial charge in [0, 0.05) is 19.2 Å². The van der Waals surface area contributed by atoms with Gasteiger partial charge in [0.25, 0.3) is 0 Å². The fraction of sp³-hybridized carbons (Fsp3) is 0.333. The van der Waals surface area contributed by atoms with Gasteiger partial charge in [-0.2, -0.15) is 0 Å². The molecule has 72 valence electrons. The topological polar surface area (TPSA) is 30.5 Å². The molecule has 0 aliphatic heterocycles. The first-order valence-corrected chi connectivity index (χ1v) is 4.61. The number of halogens is 1. The molecule has 0 spiro atoms. The Hall–Kier alpha value is -0.900. The normalized spacial score (nSPS) is 9.54. The molecule has 13 heavy (non-hydrogen) atoms. The highest BCUT2D eigenvalue weighted by Gasteiger charge is 2.07. The number of rotatable bonds is 3. The highest BCUT2D eigenvalue weighted by molar-refractivity contribution is 9.10. The van der Waals surface area contributed by atoms with Crippen molar-refractivity contribution >= 4 is 21.6 Å². The minimum absolute atomic E-state index is 0.783. The predicted octanol–water partition coefficient (Wildman–Crippen LogP) is 2.51. The molecule has 0 aromatic heterocycles. The third-order valence-electron chi connectivity index (χ3n) is 1.74. The van der Waals surface area contributed by atoms with E-state index in [1.54, 1.807) is 14.2 Å². The zero-order valence-corrected chi connectivity index (χ0v) is 9.44. The largest absolute Gasteiger partial charge is 0.495 e. The van der Waals surface area contributed by atoms with Gasteiger partial charge >= 0.3 is 0 Å². The van der Waals surface area contributed by atoms with Gasteiger partial charge in [0.1, 0.15) is 11.5 Å². The summed E-state index contributed by atoms with van der Waals surface area (Å²) in [6.45, 7) is 0. The van der Waals surface area contributed by atoms with Crippen LogP contribution in [-0.4, -0.2) is 21.3 Å². The van der Waals surface area contributed by atoms with Gasteiger partial charge in [-0.1, -0.05) is 0 Å². The predicted molar refractivity (Wildman–Crippen MR) is 56.8 cm³/mol. The van der Waals surface area contributed by atoms with Crippen molar-refractivity contribution in [3.8, 4) is 11.5 Å². The summed E-state index contributed by atoms with van der Waals surface area (Å²) in [4.78, 5) is 0. The minimum atomic E-state index is 0.783. The molecule has 4 heteroatoms. The molecule has 1 aromatic rings. The molecule has 0 unspecified atom stereocenters. The molecule has 1 N–H and O–H groups in total. The molecule has 0 heterocycles. The molecule has 0 saturated heterocycles. The van der Waals surface area contributed by atoms with E-state index < -0.39 is 0 Å². The second-order valence-electron chi connectivity index (χ2n) is 2.44. The van der Waals surface area contributed by atoms with E-state index in [1.807, 2.05) is 19.2 Å². The summed E-state index contributed by atoms with van der Waals surface area (Å²) in [5.74, 6) is 1.57. The van der Waals surface area contributed by atoms with Crippen LogP contribution in [0.5, 0.6) is 11.5 Å². The maximum absolute atomic E-state index is 5.17. The fourth-order valence-corrected chi connectivity index (χ4v) is 1.54. The van der Waals surface area contributed by atoms with Crippen LogP contribution in [0.15, 0.2) is 16.6 Å². The SMILES string of the molecule is CNc1cc(OC)c(Br)cc1OC. The first-order chi connectivity index (χ1) is 6.22. The standard InChI is InChI=1S/C9H12BrNO2/c1-11-7-5-8(12-2)6(10)4-9(7)13-3/h4-5,11H,1-3H3. The van der Waals surface area contributed by atoms with Crippen LogP contribution in [0.2, 0.25) is 0 Å². The molecule has 3 nitrogen and oxygen atoms in total. The Balaban J connectivity index is 3.18. The number of anilines is 1. The van der Waals surface area contributed by atoms with Gasteiger partial charge in [0.05, 0.1) is 24.4 Å². The molecular weight excluding hydrogens is 234 g/mol. The van der Waals surface area contributed by atoms with Crippen molar-refractivity contribution in [2.75, 3.05) is 26.6 Å². The Morgan fingerprint density at radius 1 is 1.15 bits per heavy atom. The van der Waals surface area contributed by atoms with Crippen LogP contribution in [0.25, 0.3) is 0 Å². The van der Waals surface area contributed by atoms with E-state index in [9.17, 15) is 0 Å². The van der Waals surface area contributed by atoms with E-state index in [4.69, 9.17) is 9.47 Å². The van der Waals surface area contributed by atoms with Crippen LogP contribution < -0.4 is 14.8 Å². The van der Waals surface area contributed by atoms with E-state index in [-0.39, 0.29) is 0 Å². The highest BCUT2D eigenvalue weighted by atomic mass is 79.9. The minimum Gasteiger partial charge on any atom is -0.495 e. The van der Waals surface area contributed by atoms with Crippen LogP contribution >= 0.6 is 15.9 Å². The summed E-state index contributed by atoms with van der Waals surface area (Å²) < 4.78 is 11.2. The molecule has 0 fully saturated rings. The smallest absolute Gasteiger partial charge is 0.143 e. The van der Waals surface area contributed by atoms with Crippen molar-refractivity contribution in [1.82, 2.24) is 0 Å². The summed E-state index contributed by atoms with van der Waals surface area (Å²) in [5, 5.41) is 3.02. The van der Waals surface area contributed by atoms with Crippen molar-refractivity contribution < 1.29 is 9.47 Å². The van der Waals surface area contributed by atoms with Gasteiger partial charge in [-0.05, 0) is 15.9 Å². The van der Waals surface area contributed by atoms with Crippen molar-refractivity contribution in [3.63, 3.8) is 0 Å². The number of hydrogen-bond acceptors (Lipinski definition) is 3. The summed E-state index contributed by atoms with van der Waals surface area (Å²) in [5.41, 5.74) is 0.905. The van der Waals surface area contributed by atoms with Crippen molar-refractivity contribution in [2.24, 2.45) is 0 Å². The van der Waals surface area contributed by atoms with E-state index in [0.717, 1.165) is 21.7 Å². The van der Waals surface area contributed by atoms with Gasteiger partial charge in [-0.25, -0.2) is 0 Å². The van der Waals surface area contributed by atoms with Crippen molar-refractivity contribution in [1.29, 1.82) is 0 Å². The van der Waals surface area contributed by atoms with E-state index >= 15 is 0 Å². The third kappa shape index (κ3) is 2.06. The Labute approximate surface area is 86.2 Å². The van der Waals surface area contributed by atoms with Crippen LogP contribution in [0, 0.1) is 0 Å². The van der Waals surface area contributed by atoms with Gasteiger partial charge < -0.3 is 14.8 Å². The Morgan fingerprint density at radius 2 is 1.77 bits per heavy atom. The lowest BCUT2D eigenvalue weighted by atomic mass is 10.3. The quantitative estimate of drug-likeness (QED) is 0.888. The molecule has 1 rings (SSSR count). The zero-order valence-electron chi connectivity index (χ0n) is 7.85. The lowest BCUT2D eigenvalue weighted by Crippen LogP contribution is -1.95. The number of methoxy groups -OCH3 is 2. The number of hydrogen-bond donors (Lipinski definition) is 1. The Kier molecular flexibility index (Phi) is 3.42. The van der Waals surface area contributed by atoms with Gasteiger partial charge in [-0.3, -0.25) is 0 Å². The third-order valence-corrected chi connectivity index (χ3v) is 2.36. The molecule has 0 atom stereocenters. The Morgan fingerprint density at radius 3 is 2.23 bits per heavy atom. The molecule has 0 aliphatic rings. The number of benzene rings is 1. The van der Waals surface area contributed by atoms with Gasteiger partial charge in [0.15, 0.2) is 0 Å². The summed E-state index contributed by atoms with van der Waals surface area (Å²) in [6, 6.07) is 3.74. The monoisotopic (exact) mass is 245 g/mol. The number of ether oxygens (including phenoxy) is 2. The van der Waals surface area contributed by atoms with E-state index in [0.29, 0.717) is 0 Å². The molecular formula is C9H12BrNO2. The van der Waals surface area contributed by atoms with E-state index in [2.05, 4.69) is 21.2 Å². The molecule has 0 saturated carbocycles. The highest BCUT2D eigenvalue weighted by Crippen LogP contribution is 2.35. The molecule has 0 aliphatic carbocycles. The van der Waals surface area contributed by atoms with Crippen LogP contribution in [0.1, 0.15) is 0 Å². The molecule has 0 bridgehead atoms. The molecule has 0 amide bonds. The van der Waals surface area contributed by atoms with Crippen LogP contribution in [0.3, 0.4) is 0 Å². The number of nitrogens with one attached hydrogen (secondary N) is 1. The van der Waals surface area contributed by atoms with Gasteiger partial charge in [0.2, 0.25) is 0 Å². The first-order valence-electron chi connectivity index (χ1n) is 3.82. The Bertz CT molecular complexity index is 302. The van der Waals surface area contributed by atoms with Crippen molar-refractivity contribution in [2.45, 2.75) is 0 Å². The lowest BCUT2D eigenvalue weighted by molar-refractivity contribution is 0.402. The van der Waals surface area contributed by atoms with Crippen LogP contribution in [-0.2, 0) is 0 Å². The van der Waals surface area contributed by atoms with E-state index in [1.165, 1.54) is 0 Å². The second-order valence-corrected chi connectivity index (χ2v) is 3.29. The second kappa shape index (κ2) is 4.37. The molecule has 0 radical (unpaired) electrons. The zero-order chi connectivity index (χ0) is 9.84. The maximum Gasteiger partial charge on any atom is 0.143 e. The average Bonchev–Trinajstić information content (AvgIpc) is 2.17. The van der Waals surface area contributed by atoms with Crippen LogP contribution in [0.4, 0.5) is 5.69 Å².